The molecule has 1 aromatic rings. The van der Waals surface area contributed by atoms with E-state index in [0.29, 0.717) is 18.1 Å². The number of benzene rings is 1. The Kier molecular flexibility index (Phi) is 6.99. The van der Waals surface area contributed by atoms with Crippen molar-refractivity contribution in [1.82, 2.24) is 5.32 Å². The lowest BCUT2D eigenvalue weighted by Crippen LogP contribution is -2.39. The predicted molar refractivity (Wildman–Crippen MR) is 78.0 cm³/mol. The Morgan fingerprint density at radius 2 is 1.78 bits per heavy atom. The highest BCUT2D eigenvalue weighted by molar-refractivity contribution is 5.20. The first-order valence-corrected chi connectivity index (χ1v) is 7.05. The zero-order chi connectivity index (χ0) is 13.4. The highest BCUT2D eigenvalue weighted by Crippen LogP contribution is 2.19. The topological polar surface area (TPSA) is 21.3 Å². The monoisotopic (exact) mass is 249 g/mol. The van der Waals surface area contributed by atoms with Gasteiger partial charge in [0.25, 0.3) is 0 Å². The molecular weight excluding hydrogens is 222 g/mol. The third-order valence-corrected chi connectivity index (χ3v) is 3.19. The summed E-state index contributed by atoms with van der Waals surface area (Å²) in [7, 11) is 0. The minimum absolute atomic E-state index is 0.291. The highest BCUT2D eigenvalue weighted by Gasteiger charge is 2.18. The largest absolute Gasteiger partial charge is 0.377 e. The lowest BCUT2D eigenvalue weighted by atomic mass is 9.93. The van der Waals surface area contributed by atoms with Crippen LogP contribution < -0.4 is 5.32 Å². The summed E-state index contributed by atoms with van der Waals surface area (Å²) in [6.45, 7) is 10.5. The molecule has 0 aromatic heterocycles. The van der Waals surface area contributed by atoms with E-state index in [1.165, 1.54) is 5.56 Å². The van der Waals surface area contributed by atoms with E-state index in [1.807, 2.05) is 0 Å². The number of hydrogen-bond donors (Lipinski definition) is 1. The zero-order valence-electron chi connectivity index (χ0n) is 12.1. The molecule has 0 saturated heterocycles. The van der Waals surface area contributed by atoms with E-state index in [0.717, 1.165) is 19.6 Å². The van der Waals surface area contributed by atoms with Crippen molar-refractivity contribution in [2.75, 3.05) is 13.2 Å². The van der Waals surface area contributed by atoms with Crippen LogP contribution in [0, 0.1) is 0 Å². The molecule has 0 aliphatic carbocycles. The summed E-state index contributed by atoms with van der Waals surface area (Å²) in [5.74, 6) is 0.469. The van der Waals surface area contributed by atoms with Crippen LogP contribution in [0.3, 0.4) is 0 Å². The molecule has 0 saturated carbocycles. The molecule has 1 rings (SSSR count). The summed E-state index contributed by atoms with van der Waals surface area (Å²) < 4.78 is 5.78. The molecule has 2 heteroatoms. The van der Waals surface area contributed by atoms with Crippen LogP contribution in [0.25, 0.3) is 0 Å². The van der Waals surface area contributed by atoms with Crippen LogP contribution in [0.4, 0.5) is 0 Å². The first-order chi connectivity index (χ1) is 8.65. The van der Waals surface area contributed by atoms with Gasteiger partial charge in [-0.1, -0.05) is 44.2 Å². The van der Waals surface area contributed by atoms with Gasteiger partial charge in [0.15, 0.2) is 0 Å². The Bertz CT molecular complexity index is 310. The highest BCUT2D eigenvalue weighted by atomic mass is 16.5. The Hall–Kier alpha value is -0.860. The van der Waals surface area contributed by atoms with Gasteiger partial charge in [-0.3, -0.25) is 0 Å². The van der Waals surface area contributed by atoms with Gasteiger partial charge in [0, 0.05) is 6.04 Å². The fourth-order valence-electron chi connectivity index (χ4n) is 1.99. The van der Waals surface area contributed by atoms with Gasteiger partial charge < -0.3 is 10.1 Å². The Morgan fingerprint density at radius 3 is 2.33 bits per heavy atom. The molecule has 0 spiro atoms. The first-order valence-electron chi connectivity index (χ1n) is 7.05. The molecule has 0 radical (unpaired) electrons. The van der Waals surface area contributed by atoms with Gasteiger partial charge in [0.1, 0.15) is 0 Å². The van der Waals surface area contributed by atoms with Crippen LogP contribution in [0.2, 0.25) is 0 Å². The molecule has 0 heterocycles. The molecule has 2 unspecified atom stereocenters. The Balaban J connectivity index is 2.62. The standard InChI is InChI=1S/C16H27NO/c1-5-11-17-16(12-18-13(2)3)14(4)15-9-7-6-8-10-15/h6-10,13-14,16-17H,5,11-12H2,1-4H3. The van der Waals surface area contributed by atoms with E-state index in [2.05, 4.69) is 63.3 Å². The summed E-state index contributed by atoms with van der Waals surface area (Å²) in [6, 6.07) is 11.0. The molecule has 0 fully saturated rings. The molecule has 18 heavy (non-hydrogen) atoms. The second-order valence-corrected chi connectivity index (χ2v) is 5.14. The minimum atomic E-state index is 0.291. The van der Waals surface area contributed by atoms with E-state index < -0.39 is 0 Å². The summed E-state index contributed by atoms with van der Waals surface area (Å²) in [6.07, 6.45) is 1.44. The number of hydrogen-bond acceptors (Lipinski definition) is 2. The van der Waals surface area contributed by atoms with E-state index in [4.69, 9.17) is 4.74 Å². The molecular formula is C16H27NO. The van der Waals surface area contributed by atoms with Crippen LogP contribution in [-0.2, 0) is 4.74 Å². The average Bonchev–Trinajstić information content (AvgIpc) is 2.39. The molecule has 0 amide bonds. The fourth-order valence-corrected chi connectivity index (χ4v) is 1.99. The maximum absolute atomic E-state index is 5.78. The van der Waals surface area contributed by atoms with Crippen molar-refractivity contribution in [2.45, 2.75) is 52.2 Å². The maximum Gasteiger partial charge on any atom is 0.0628 e. The van der Waals surface area contributed by atoms with E-state index in [1.54, 1.807) is 0 Å². The molecule has 1 aromatic carbocycles. The molecule has 1 N–H and O–H groups in total. The van der Waals surface area contributed by atoms with Crippen molar-refractivity contribution in [3.05, 3.63) is 35.9 Å². The average molecular weight is 249 g/mol. The van der Waals surface area contributed by atoms with E-state index >= 15 is 0 Å². The SMILES string of the molecule is CCCNC(COC(C)C)C(C)c1ccccc1. The number of rotatable bonds is 8. The van der Waals surface area contributed by atoms with Gasteiger partial charge in [-0.05, 0) is 38.3 Å². The third kappa shape index (κ3) is 5.19. The van der Waals surface area contributed by atoms with Crippen LogP contribution in [-0.4, -0.2) is 25.3 Å². The van der Waals surface area contributed by atoms with Crippen molar-refractivity contribution in [3.63, 3.8) is 0 Å². The second-order valence-electron chi connectivity index (χ2n) is 5.14. The van der Waals surface area contributed by atoms with Crippen LogP contribution in [0.15, 0.2) is 30.3 Å². The zero-order valence-corrected chi connectivity index (χ0v) is 12.1. The molecule has 102 valence electrons. The van der Waals surface area contributed by atoms with Gasteiger partial charge in [0.2, 0.25) is 0 Å². The van der Waals surface area contributed by atoms with Gasteiger partial charge in [-0.2, -0.15) is 0 Å². The van der Waals surface area contributed by atoms with Gasteiger partial charge in [0.05, 0.1) is 12.7 Å². The van der Waals surface area contributed by atoms with Crippen molar-refractivity contribution in [3.8, 4) is 0 Å². The van der Waals surface area contributed by atoms with Gasteiger partial charge in [-0.25, -0.2) is 0 Å². The van der Waals surface area contributed by atoms with Crippen molar-refractivity contribution in [1.29, 1.82) is 0 Å². The Labute approximate surface area is 112 Å². The Morgan fingerprint density at radius 1 is 1.11 bits per heavy atom. The summed E-state index contributed by atoms with van der Waals surface area (Å²) in [4.78, 5) is 0. The maximum atomic E-state index is 5.78. The van der Waals surface area contributed by atoms with Crippen LogP contribution >= 0.6 is 0 Å². The number of nitrogens with one attached hydrogen (secondary N) is 1. The summed E-state index contributed by atoms with van der Waals surface area (Å²) >= 11 is 0. The third-order valence-electron chi connectivity index (χ3n) is 3.19. The summed E-state index contributed by atoms with van der Waals surface area (Å²) in [5, 5.41) is 3.60. The quantitative estimate of drug-likeness (QED) is 0.760. The molecule has 2 atom stereocenters. The van der Waals surface area contributed by atoms with E-state index in [-0.39, 0.29) is 0 Å². The summed E-state index contributed by atoms with van der Waals surface area (Å²) in [5.41, 5.74) is 1.37. The van der Waals surface area contributed by atoms with Gasteiger partial charge >= 0.3 is 0 Å². The van der Waals surface area contributed by atoms with Gasteiger partial charge in [-0.15, -0.1) is 0 Å². The van der Waals surface area contributed by atoms with Crippen molar-refractivity contribution >= 4 is 0 Å². The van der Waals surface area contributed by atoms with E-state index in [9.17, 15) is 0 Å². The molecule has 0 bridgehead atoms. The fraction of sp³-hybridized carbons (Fsp3) is 0.625. The van der Waals surface area contributed by atoms with Crippen molar-refractivity contribution in [2.24, 2.45) is 0 Å². The first kappa shape index (κ1) is 15.2. The van der Waals surface area contributed by atoms with Crippen molar-refractivity contribution < 1.29 is 4.74 Å². The normalized spacial score (nSPS) is 14.7. The minimum Gasteiger partial charge on any atom is -0.377 e. The lowest BCUT2D eigenvalue weighted by Gasteiger charge is -2.26. The molecule has 0 aliphatic rings. The smallest absolute Gasteiger partial charge is 0.0628 e. The number of ether oxygens (including phenoxy) is 1. The van der Waals surface area contributed by atoms with Crippen LogP contribution in [0.1, 0.15) is 45.6 Å². The predicted octanol–water partition coefficient (Wildman–Crippen LogP) is 3.58. The molecule has 2 nitrogen and oxygen atoms in total. The lowest BCUT2D eigenvalue weighted by molar-refractivity contribution is 0.0567. The molecule has 0 aliphatic heterocycles. The van der Waals surface area contributed by atoms with Crippen LogP contribution in [0.5, 0.6) is 0 Å². The second kappa shape index (κ2) is 8.28.